The van der Waals surface area contributed by atoms with Crippen LogP contribution < -0.4 is 0 Å². The molecule has 0 N–H and O–H groups in total. The van der Waals surface area contributed by atoms with Crippen molar-refractivity contribution in [3.8, 4) is 0 Å². The number of rotatable bonds is 2. The maximum Gasteiger partial charge on any atom is 0.230 e. The molecule has 0 saturated heterocycles. The van der Waals surface area contributed by atoms with Gasteiger partial charge in [0.05, 0.1) is 0 Å². The Morgan fingerprint density at radius 1 is 1.25 bits per heavy atom. The molecule has 1 heterocycles. The molecule has 0 aliphatic rings. The van der Waals surface area contributed by atoms with E-state index in [4.69, 9.17) is 11.6 Å². The Morgan fingerprint density at radius 2 is 1.94 bits per heavy atom. The summed E-state index contributed by atoms with van der Waals surface area (Å²) in [6.07, 6.45) is 3.23. The van der Waals surface area contributed by atoms with Crippen molar-refractivity contribution >= 4 is 17.4 Å². The van der Waals surface area contributed by atoms with Crippen LogP contribution in [0.2, 0.25) is 5.02 Å². The normalized spacial score (nSPS) is 10.1. The van der Waals surface area contributed by atoms with Crippen molar-refractivity contribution < 1.29 is 4.79 Å². The SMILES string of the molecule is Cc1cnc(C(=O)c2cccc(Cl)c2)nc1. The zero-order valence-electron chi connectivity index (χ0n) is 8.64. The maximum absolute atomic E-state index is 11.9. The number of carbonyl (C=O) groups excluding carboxylic acids is 1. The number of hydrogen-bond donors (Lipinski definition) is 0. The molecule has 0 bridgehead atoms. The molecule has 0 amide bonds. The first kappa shape index (κ1) is 10.8. The molecule has 16 heavy (non-hydrogen) atoms. The largest absolute Gasteiger partial charge is 0.285 e. The lowest BCUT2D eigenvalue weighted by Crippen LogP contribution is -2.06. The van der Waals surface area contributed by atoms with Gasteiger partial charge in [0, 0.05) is 23.0 Å². The van der Waals surface area contributed by atoms with Gasteiger partial charge in [-0.05, 0) is 24.6 Å². The molecular formula is C12H9ClN2O. The van der Waals surface area contributed by atoms with Gasteiger partial charge in [0.2, 0.25) is 11.6 Å². The van der Waals surface area contributed by atoms with Crippen LogP contribution in [-0.4, -0.2) is 15.8 Å². The van der Waals surface area contributed by atoms with Crippen LogP contribution in [0.3, 0.4) is 0 Å². The average molecular weight is 233 g/mol. The van der Waals surface area contributed by atoms with E-state index in [1.165, 1.54) is 0 Å². The molecule has 0 aliphatic carbocycles. The van der Waals surface area contributed by atoms with Gasteiger partial charge in [-0.25, -0.2) is 9.97 Å². The highest BCUT2D eigenvalue weighted by molar-refractivity contribution is 6.31. The van der Waals surface area contributed by atoms with Crippen LogP contribution in [0.15, 0.2) is 36.7 Å². The van der Waals surface area contributed by atoms with E-state index in [1.807, 2.05) is 6.92 Å². The van der Waals surface area contributed by atoms with E-state index in [-0.39, 0.29) is 11.6 Å². The van der Waals surface area contributed by atoms with E-state index in [9.17, 15) is 4.79 Å². The Balaban J connectivity index is 2.35. The Kier molecular flexibility index (Phi) is 2.97. The second-order valence-corrected chi connectivity index (χ2v) is 3.86. The molecule has 0 radical (unpaired) electrons. The summed E-state index contributed by atoms with van der Waals surface area (Å²) in [5.74, 6) is -0.0321. The number of benzene rings is 1. The Bertz CT molecular complexity index is 523. The lowest BCUT2D eigenvalue weighted by Gasteiger charge is -2.00. The van der Waals surface area contributed by atoms with E-state index in [0.29, 0.717) is 10.6 Å². The molecule has 0 fully saturated rings. The summed E-state index contributed by atoms with van der Waals surface area (Å²) in [6.45, 7) is 1.87. The molecule has 2 rings (SSSR count). The zero-order chi connectivity index (χ0) is 11.5. The molecule has 0 unspecified atom stereocenters. The third-order valence-corrected chi connectivity index (χ3v) is 2.31. The fourth-order valence-electron chi connectivity index (χ4n) is 1.27. The summed E-state index contributed by atoms with van der Waals surface area (Å²) in [7, 11) is 0. The number of aryl methyl sites for hydroxylation is 1. The van der Waals surface area contributed by atoms with Gasteiger partial charge in [-0.15, -0.1) is 0 Å². The molecule has 4 heteroatoms. The molecule has 80 valence electrons. The molecule has 0 atom stereocenters. The van der Waals surface area contributed by atoms with Crippen molar-refractivity contribution in [2.24, 2.45) is 0 Å². The van der Waals surface area contributed by atoms with Crippen LogP contribution in [0.25, 0.3) is 0 Å². The van der Waals surface area contributed by atoms with Crippen LogP contribution in [0, 0.1) is 6.92 Å². The summed E-state index contributed by atoms with van der Waals surface area (Å²) >= 11 is 5.81. The number of carbonyl (C=O) groups is 1. The third kappa shape index (κ3) is 2.25. The van der Waals surface area contributed by atoms with Crippen LogP contribution in [0.5, 0.6) is 0 Å². The van der Waals surface area contributed by atoms with Gasteiger partial charge >= 0.3 is 0 Å². The number of halogens is 1. The predicted octanol–water partition coefficient (Wildman–Crippen LogP) is 2.67. The fourth-order valence-corrected chi connectivity index (χ4v) is 1.46. The van der Waals surface area contributed by atoms with Crippen molar-refractivity contribution in [2.75, 3.05) is 0 Å². The minimum absolute atomic E-state index is 0.188. The first-order valence-electron chi connectivity index (χ1n) is 4.76. The van der Waals surface area contributed by atoms with Crippen molar-refractivity contribution in [3.05, 3.63) is 58.6 Å². The standard InChI is InChI=1S/C12H9ClN2O/c1-8-6-14-12(15-7-8)11(16)9-3-2-4-10(13)5-9/h2-7H,1H3. The summed E-state index contributed by atoms with van der Waals surface area (Å²) in [5.41, 5.74) is 1.42. The molecule has 0 spiro atoms. The average Bonchev–Trinajstić information content (AvgIpc) is 2.29. The van der Waals surface area contributed by atoms with Crippen LogP contribution in [0.1, 0.15) is 21.7 Å². The van der Waals surface area contributed by atoms with Gasteiger partial charge in [0.1, 0.15) is 0 Å². The highest BCUT2D eigenvalue weighted by atomic mass is 35.5. The maximum atomic E-state index is 11.9. The van der Waals surface area contributed by atoms with E-state index >= 15 is 0 Å². The summed E-state index contributed by atoms with van der Waals surface area (Å²) in [5, 5.41) is 0.526. The van der Waals surface area contributed by atoms with Gasteiger partial charge in [-0.1, -0.05) is 23.7 Å². The topological polar surface area (TPSA) is 42.9 Å². The molecule has 1 aromatic heterocycles. The fraction of sp³-hybridized carbons (Fsp3) is 0.0833. The highest BCUT2D eigenvalue weighted by Gasteiger charge is 2.11. The van der Waals surface area contributed by atoms with Gasteiger partial charge in [0.15, 0.2) is 0 Å². The molecule has 1 aromatic carbocycles. The number of ketones is 1. The van der Waals surface area contributed by atoms with Gasteiger partial charge < -0.3 is 0 Å². The zero-order valence-corrected chi connectivity index (χ0v) is 9.40. The van der Waals surface area contributed by atoms with Gasteiger partial charge in [-0.3, -0.25) is 4.79 Å². The lowest BCUT2D eigenvalue weighted by molar-refractivity contribution is 0.102. The number of aromatic nitrogens is 2. The molecule has 0 saturated carbocycles. The molecule has 3 nitrogen and oxygen atoms in total. The monoisotopic (exact) mass is 232 g/mol. The minimum atomic E-state index is -0.220. The second kappa shape index (κ2) is 4.41. The Morgan fingerprint density at radius 3 is 2.56 bits per heavy atom. The first-order chi connectivity index (χ1) is 7.66. The van der Waals surface area contributed by atoms with Crippen molar-refractivity contribution in [1.29, 1.82) is 0 Å². The first-order valence-corrected chi connectivity index (χ1v) is 5.13. The smallest absolute Gasteiger partial charge is 0.230 e. The second-order valence-electron chi connectivity index (χ2n) is 3.42. The van der Waals surface area contributed by atoms with Gasteiger partial charge in [-0.2, -0.15) is 0 Å². The number of nitrogens with zero attached hydrogens (tertiary/aromatic N) is 2. The molecule has 2 aromatic rings. The number of hydrogen-bond acceptors (Lipinski definition) is 3. The highest BCUT2D eigenvalue weighted by Crippen LogP contribution is 2.13. The summed E-state index contributed by atoms with van der Waals surface area (Å²) in [6, 6.07) is 6.74. The van der Waals surface area contributed by atoms with Crippen LogP contribution in [0.4, 0.5) is 0 Å². The molecular weight excluding hydrogens is 224 g/mol. The Hall–Kier alpha value is -1.74. The van der Waals surface area contributed by atoms with Crippen LogP contribution in [-0.2, 0) is 0 Å². The third-order valence-electron chi connectivity index (χ3n) is 2.07. The Labute approximate surface area is 98.1 Å². The predicted molar refractivity (Wildman–Crippen MR) is 61.7 cm³/mol. The lowest BCUT2D eigenvalue weighted by atomic mass is 10.1. The quantitative estimate of drug-likeness (QED) is 0.748. The van der Waals surface area contributed by atoms with Gasteiger partial charge in [0.25, 0.3) is 0 Å². The minimum Gasteiger partial charge on any atom is -0.285 e. The van der Waals surface area contributed by atoms with Crippen molar-refractivity contribution in [3.63, 3.8) is 0 Å². The van der Waals surface area contributed by atoms with Crippen molar-refractivity contribution in [2.45, 2.75) is 6.92 Å². The van der Waals surface area contributed by atoms with E-state index < -0.39 is 0 Å². The van der Waals surface area contributed by atoms with E-state index in [0.717, 1.165) is 5.56 Å². The summed E-state index contributed by atoms with van der Waals surface area (Å²) < 4.78 is 0. The molecule has 0 aliphatic heterocycles. The summed E-state index contributed by atoms with van der Waals surface area (Å²) in [4.78, 5) is 19.9. The van der Waals surface area contributed by atoms with E-state index in [2.05, 4.69) is 9.97 Å². The van der Waals surface area contributed by atoms with Crippen molar-refractivity contribution in [1.82, 2.24) is 9.97 Å². The van der Waals surface area contributed by atoms with Crippen LogP contribution >= 0.6 is 11.6 Å². The van der Waals surface area contributed by atoms with E-state index in [1.54, 1.807) is 36.7 Å².